The first kappa shape index (κ1) is 19.9. The second kappa shape index (κ2) is 10.4. The van der Waals surface area contributed by atoms with E-state index in [4.69, 9.17) is 14.2 Å². The molecule has 1 aliphatic rings. The SMILES string of the molecule is CN=C(NCCOc1cccc(OC)c1)N1CCC(Oc2ccccc2)CC1. The lowest BCUT2D eigenvalue weighted by Gasteiger charge is -2.34. The molecule has 0 amide bonds. The van der Waals surface area contributed by atoms with Crippen molar-refractivity contribution in [2.24, 2.45) is 4.99 Å². The number of para-hydroxylation sites is 1. The first-order valence-corrected chi connectivity index (χ1v) is 9.72. The van der Waals surface area contributed by atoms with E-state index in [9.17, 15) is 0 Å². The summed E-state index contributed by atoms with van der Waals surface area (Å²) in [5.74, 6) is 3.45. The lowest BCUT2D eigenvalue weighted by atomic mass is 10.1. The fourth-order valence-corrected chi connectivity index (χ4v) is 3.23. The largest absolute Gasteiger partial charge is 0.497 e. The van der Waals surface area contributed by atoms with Crippen LogP contribution in [0.3, 0.4) is 0 Å². The van der Waals surface area contributed by atoms with Crippen molar-refractivity contribution in [2.45, 2.75) is 18.9 Å². The maximum Gasteiger partial charge on any atom is 0.193 e. The number of aliphatic imine (C=N–C) groups is 1. The third-order valence-corrected chi connectivity index (χ3v) is 4.69. The summed E-state index contributed by atoms with van der Waals surface area (Å²) in [4.78, 5) is 6.68. The second-order valence-electron chi connectivity index (χ2n) is 6.62. The van der Waals surface area contributed by atoms with Gasteiger partial charge in [0.05, 0.1) is 13.7 Å². The van der Waals surface area contributed by atoms with Crippen molar-refractivity contribution in [3.8, 4) is 17.2 Å². The zero-order chi connectivity index (χ0) is 19.6. The van der Waals surface area contributed by atoms with Crippen LogP contribution in [0.4, 0.5) is 0 Å². The first-order valence-electron chi connectivity index (χ1n) is 9.72. The highest BCUT2D eigenvalue weighted by atomic mass is 16.5. The fraction of sp³-hybridized carbons (Fsp3) is 0.409. The van der Waals surface area contributed by atoms with Crippen LogP contribution in [-0.4, -0.2) is 57.4 Å². The Labute approximate surface area is 167 Å². The number of ether oxygens (including phenoxy) is 3. The molecule has 0 saturated carbocycles. The predicted molar refractivity (Wildman–Crippen MR) is 112 cm³/mol. The molecule has 0 bridgehead atoms. The minimum Gasteiger partial charge on any atom is -0.497 e. The molecular formula is C22H29N3O3. The maximum absolute atomic E-state index is 6.07. The lowest BCUT2D eigenvalue weighted by molar-refractivity contribution is 0.129. The summed E-state index contributed by atoms with van der Waals surface area (Å²) in [7, 11) is 3.47. The van der Waals surface area contributed by atoms with Crippen molar-refractivity contribution in [1.82, 2.24) is 10.2 Å². The number of piperidine rings is 1. The Morgan fingerprint density at radius 2 is 1.75 bits per heavy atom. The van der Waals surface area contributed by atoms with Crippen LogP contribution < -0.4 is 19.5 Å². The number of hydrogen-bond acceptors (Lipinski definition) is 4. The third-order valence-electron chi connectivity index (χ3n) is 4.69. The molecule has 0 unspecified atom stereocenters. The topological polar surface area (TPSA) is 55.3 Å². The van der Waals surface area contributed by atoms with Crippen LogP contribution >= 0.6 is 0 Å². The summed E-state index contributed by atoms with van der Waals surface area (Å²) in [5, 5.41) is 3.38. The summed E-state index contributed by atoms with van der Waals surface area (Å²) in [6, 6.07) is 17.7. The average Bonchev–Trinajstić information content (AvgIpc) is 2.75. The van der Waals surface area contributed by atoms with Gasteiger partial charge in [-0.05, 0) is 24.3 Å². The molecule has 3 rings (SSSR count). The minimum absolute atomic E-state index is 0.258. The number of methoxy groups -OCH3 is 1. The molecule has 150 valence electrons. The summed E-state index contributed by atoms with van der Waals surface area (Å²) in [6.07, 6.45) is 2.22. The van der Waals surface area contributed by atoms with Gasteiger partial charge in [-0.25, -0.2) is 0 Å². The van der Waals surface area contributed by atoms with E-state index in [0.717, 1.165) is 49.1 Å². The van der Waals surface area contributed by atoms with Crippen molar-refractivity contribution in [1.29, 1.82) is 0 Å². The van der Waals surface area contributed by atoms with E-state index in [1.165, 1.54) is 0 Å². The third kappa shape index (κ3) is 5.81. The van der Waals surface area contributed by atoms with Gasteiger partial charge in [0.15, 0.2) is 5.96 Å². The summed E-state index contributed by atoms with van der Waals surface area (Å²) in [5.41, 5.74) is 0. The molecule has 1 heterocycles. The molecule has 0 atom stereocenters. The fourth-order valence-electron chi connectivity index (χ4n) is 3.23. The van der Waals surface area contributed by atoms with Gasteiger partial charge in [-0.3, -0.25) is 4.99 Å². The molecule has 0 spiro atoms. The molecule has 0 aliphatic carbocycles. The average molecular weight is 383 g/mol. The van der Waals surface area contributed by atoms with Gasteiger partial charge >= 0.3 is 0 Å². The van der Waals surface area contributed by atoms with E-state index in [0.29, 0.717) is 13.2 Å². The Bertz CT molecular complexity index is 744. The van der Waals surface area contributed by atoms with Gasteiger partial charge in [-0.2, -0.15) is 0 Å². The van der Waals surface area contributed by atoms with Crippen molar-refractivity contribution < 1.29 is 14.2 Å². The standard InChI is InChI=1S/C22H29N3O3/c1-23-22(24-13-16-27-21-10-6-9-20(17-21)26-2)25-14-11-19(12-15-25)28-18-7-4-3-5-8-18/h3-10,17,19H,11-16H2,1-2H3,(H,23,24). The molecule has 1 aliphatic heterocycles. The molecular weight excluding hydrogens is 354 g/mol. The van der Waals surface area contributed by atoms with Gasteiger partial charge < -0.3 is 24.4 Å². The van der Waals surface area contributed by atoms with Crippen LogP contribution in [0, 0.1) is 0 Å². The Kier molecular flexibility index (Phi) is 7.41. The minimum atomic E-state index is 0.258. The highest BCUT2D eigenvalue weighted by Crippen LogP contribution is 2.19. The number of benzene rings is 2. The van der Waals surface area contributed by atoms with Crippen LogP contribution in [0.5, 0.6) is 17.2 Å². The van der Waals surface area contributed by atoms with E-state index < -0.39 is 0 Å². The molecule has 28 heavy (non-hydrogen) atoms. The van der Waals surface area contributed by atoms with E-state index in [2.05, 4.69) is 15.2 Å². The van der Waals surface area contributed by atoms with Crippen LogP contribution in [-0.2, 0) is 0 Å². The van der Waals surface area contributed by atoms with Gasteiger partial charge in [0.1, 0.15) is 30.0 Å². The first-order chi connectivity index (χ1) is 13.8. The van der Waals surface area contributed by atoms with E-state index in [-0.39, 0.29) is 6.10 Å². The smallest absolute Gasteiger partial charge is 0.193 e. The molecule has 1 N–H and O–H groups in total. The Morgan fingerprint density at radius 1 is 1.04 bits per heavy atom. The van der Waals surface area contributed by atoms with Gasteiger partial charge in [0.25, 0.3) is 0 Å². The zero-order valence-corrected chi connectivity index (χ0v) is 16.6. The monoisotopic (exact) mass is 383 g/mol. The van der Waals surface area contributed by atoms with Gasteiger partial charge in [-0.1, -0.05) is 24.3 Å². The Hall–Kier alpha value is -2.89. The van der Waals surface area contributed by atoms with Crippen molar-refractivity contribution in [3.63, 3.8) is 0 Å². The number of hydrogen-bond donors (Lipinski definition) is 1. The normalized spacial score (nSPS) is 15.2. The highest BCUT2D eigenvalue weighted by molar-refractivity contribution is 5.79. The molecule has 6 heteroatoms. The lowest BCUT2D eigenvalue weighted by Crippen LogP contribution is -2.48. The predicted octanol–water partition coefficient (Wildman–Crippen LogP) is 3.19. The Balaban J connectivity index is 1.38. The summed E-state index contributed by atoms with van der Waals surface area (Å²) < 4.78 is 17.1. The molecule has 0 aromatic heterocycles. The van der Waals surface area contributed by atoms with Crippen LogP contribution in [0.1, 0.15) is 12.8 Å². The number of guanidine groups is 1. The van der Waals surface area contributed by atoms with Crippen molar-refractivity contribution in [3.05, 3.63) is 54.6 Å². The Morgan fingerprint density at radius 3 is 2.46 bits per heavy atom. The summed E-state index contributed by atoms with van der Waals surface area (Å²) in [6.45, 7) is 3.09. The van der Waals surface area contributed by atoms with Gasteiger partial charge in [-0.15, -0.1) is 0 Å². The number of likely N-dealkylation sites (tertiary alicyclic amines) is 1. The number of nitrogens with zero attached hydrogens (tertiary/aromatic N) is 2. The molecule has 0 radical (unpaired) electrons. The van der Waals surface area contributed by atoms with E-state index in [1.54, 1.807) is 7.11 Å². The van der Waals surface area contributed by atoms with Gasteiger partial charge in [0, 0.05) is 39.0 Å². The van der Waals surface area contributed by atoms with Crippen LogP contribution in [0.2, 0.25) is 0 Å². The number of nitrogens with one attached hydrogen (secondary N) is 1. The van der Waals surface area contributed by atoms with Crippen molar-refractivity contribution in [2.75, 3.05) is 40.4 Å². The van der Waals surface area contributed by atoms with Gasteiger partial charge in [0.2, 0.25) is 0 Å². The summed E-state index contributed by atoms with van der Waals surface area (Å²) >= 11 is 0. The number of rotatable bonds is 7. The molecule has 1 fully saturated rings. The van der Waals surface area contributed by atoms with Crippen LogP contribution in [0.15, 0.2) is 59.6 Å². The van der Waals surface area contributed by atoms with Crippen LogP contribution in [0.25, 0.3) is 0 Å². The zero-order valence-electron chi connectivity index (χ0n) is 16.6. The highest BCUT2D eigenvalue weighted by Gasteiger charge is 2.22. The second-order valence-corrected chi connectivity index (χ2v) is 6.62. The van der Waals surface area contributed by atoms with E-state index >= 15 is 0 Å². The molecule has 1 saturated heterocycles. The molecule has 2 aromatic rings. The molecule has 6 nitrogen and oxygen atoms in total. The quantitative estimate of drug-likeness (QED) is 0.452. The molecule has 2 aromatic carbocycles. The van der Waals surface area contributed by atoms with E-state index in [1.807, 2.05) is 61.6 Å². The van der Waals surface area contributed by atoms with Crippen molar-refractivity contribution >= 4 is 5.96 Å². The maximum atomic E-state index is 6.07.